The average molecular weight is 319 g/mol. The molecule has 0 unspecified atom stereocenters. The first-order valence-electron chi connectivity index (χ1n) is 6.04. The Kier molecular flexibility index (Phi) is 3.06. The molecule has 0 aromatic heterocycles. The van der Waals surface area contributed by atoms with Gasteiger partial charge in [-0.15, -0.1) is 0 Å². The Hall–Kier alpha value is -1.75. The summed E-state index contributed by atoms with van der Waals surface area (Å²) >= 11 is 3.33. The Morgan fingerprint density at radius 3 is 2.32 bits per heavy atom. The third-order valence-corrected chi connectivity index (χ3v) is 3.74. The number of aliphatic imine (C=N–C) groups is 1. The van der Waals surface area contributed by atoms with Crippen molar-refractivity contribution in [2.24, 2.45) is 4.99 Å². The molecule has 0 bridgehead atoms. The Labute approximate surface area is 118 Å². The second-order valence-corrected chi connectivity index (χ2v) is 5.36. The molecule has 3 rings (SSSR count). The van der Waals surface area contributed by atoms with Crippen molar-refractivity contribution in [3.8, 4) is 0 Å². The van der Waals surface area contributed by atoms with Gasteiger partial charge in [-0.25, -0.2) is 0 Å². The summed E-state index contributed by atoms with van der Waals surface area (Å²) in [6, 6.07) is 6.93. The van der Waals surface area contributed by atoms with Crippen molar-refractivity contribution in [2.45, 2.75) is 12.8 Å². The van der Waals surface area contributed by atoms with Gasteiger partial charge in [0.1, 0.15) is 0 Å². The lowest BCUT2D eigenvalue weighted by Crippen LogP contribution is -2.30. The molecule has 0 aliphatic carbocycles. The third kappa shape index (κ3) is 2.14. The van der Waals surface area contributed by atoms with Crippen LogP contribution in [0.4, 0.5) is 0 Å². The molecule has 1 aromatic carbocycles. The average Bonchev–Trinajstić information content (AvgIpc) is 2.93. The lowest BCUT2D eigenvalue weighted by molar-refractivity contribution is 0.0656. The largest absolute Gasteiger partial charge is 0.274 e. The zero-order chi connectivity index (χ0) is 13.4. The lowest BCUT2D eigenvalue weighted by Gasteiger charge is -2.13. The monoisotopic (exact) mass is 318 g/mol. The highest BCUT2D eigenvalue weighted by atomic mass is 79.9. The number of imide groups is 1. The first-order valence-corrected chi connectivity index (χ1v) is 6.83. The Balaban J connectivity index is 1.74. The van der Waals surface area contributed by atoms with Gasteiger partial charge in [0.25, 0.3) is 11.8 Å². The molecule has 0 radical (unpaired) electrons. The zero-order valence-electron chi connectivity index (χ0n) is 10.1. The molecule has 0 saturated heterocycles. The summed E-state index contributed by atoms with van der Waals surface area (Å²) in [6.45, 7) is 0.377. The van der Waals surface area contributed by atoms with Gasteiger partial charge in [0.05, 0.1) is 15.7 Å². The molecule has 0 fully saturated rings. The first kappa shape index (κ1) is 12.3. The van der Waals surface area contributed by atoms with Crippen molar-refractivity contribution >= 4 is 32.4 Å². The number of carbonyl (C=O) groups is 2. The minimum Gasteiger partial charge on any atom is -0.274 e. The first-order chi connectivity index (χ1) is 9.16. The normalized spacial score (nSPS) is 17.6. The quantitative estimate of drug-likeness (QED) is 0.805. The van der Waals surface area contributed by atoms with Crippen molar-refractivity contribution in [1.82, 2.24) is 4.90 Å². The van der Waals surface area contributed by atoms with Gasteiger partial charge >= 0.3 is 0 Å². The van der Waals surface area contributed by atoms with Crippen LogP contribution in [0.15, 0.2) is 41.0 Å². The molecule has 4 nitrogen and oxygen atoms in total. The molecule has 2 aliphatic rings. The number of halogens is 1. The van der Waals surface area contributed by atoms with E-state index in [0.717, 1.165) is 16.7 Å². The van der Waals surface area contributed by atoms with E-state index in [2.05, 4.69) is 20.9 Å². The molecule has 2 heterocycles. The van der Waals surface area contributed by atoms with Gasteiger partial charge in [0.15, 0.2) is 0 Å². The van der Waals surface area contributed by atoms with E-state index < -0.39 is 0 Å². The van der Waals surface area contributed by atoms with Crippen LogP contribution in [0, 0.1) is 0 Å². The van der Waals surface area contributed by atoms with Crippen LogP contribution in [0.5, 0.6) is 0 Å². The summed E-state index contributed by atoms with van der Waals surface area (Å²) in [5.74, 6) is -0.413. The van der Waals surface area contributed by atoms with Crippen LogP contribution in [-0.2, 0) is 0 Å². The number of amides is 2. The fourth-order valence-electron chi connectivity index (χ4n) is 2.28. The number of allylic oxidation sites excluding steroid dienone is 1. The van der Waals surface area contributed by atoms with Crippen molar-refractivity contribution in [3.63, 3.8) is 0 Å². The summed E-state index contributed by atoms with van der Waals surface area (Å²) < 4.78 is 0.893. The summed E-state index contributed by atoms with van der Waals surface area (Å²) in [6.07, 6.45) is 3.39. The molecule has 1 aromatic rings. The van der Waals surface area contributed by atoms with Crippen LogP contribution in [-0.4, -0.2) is 27.9 Å². The molecular formula is C14H11BrN2O2. The van der Waals surface area contributed by atoms with Crippen molar-refractivity contribution in [2.75, 3.05) is 6.54 Å². The summed E-state index contributed by atoms with van der Waals surface area (Å²) in [4.78, 5) is 29.8. The third-order valence-electron chi connectivity index (χ3n) is 3.24. The van der Waals surface area contributed by atoms with Crippen molar-refractivity contribution < 1.29 is 9.59 Å². The number of fused-ring (bicyclic) bond motifs is 1. The second-order valence-electron chi connectivity index (χ2n) is 4.45. The molecule has 0 spiro atoms. The van der Waals surface area contributed by atoms with Gasteiger partial charge in [-0.1, -0.05) is 18.2 Å². The van der Waals surface area contributed by atoms with Gasteiger partial charge in [-0.05, 0) is 28.1 Å². The van der Waals surface area contributed by atoms with Crippen LogP contribution < -0.4 is 0 Å². The maximum absolute atomic E-state index is 12.1. The van der Waals surface area contributed by atoms with Gasteiger partial charge < -0.3 is 0 Å². The minimum atomic E-state index is -0.206. The maximum Gasteiger partial charge on any atom is 0.261 e. The molecule has 0 atom stereocenters. The Bertz CT molecular complexity index is 599. The van der Waals surface area contributed by atoms with Crippen molar-refractivity contribution in [3.05, 3.63) is 47.2 Å². The lowest BCUT2D eigenvalue weighted by atomic mass is 10.1. The van der Waals surface area contributed by atoms with Crippen molar-refractivity contribution in [1.29, 1.82) is 0 Å². The van der Waals surface area contributed by atoms with Crippen LogP contribution in [0.2, 0.25) is 0 Å². The van der Waals surface area contributed by atoms with E-state index in [-0.39, 0.29) is 11.8 Å². The van der Waals surface area contributed by atoms with E-state index in [1.54, 1.807) is 24.3 Å². The SMILES string of the molecule is O=C1c2ccccc2C(=O)N1CCC1=CCC(Br)=N1. The summed E-state index contributed by atoms with van der Waals surface area (Å²) in [5, 5.41) is 0. The molecule has 2 aliphatic heterocycles. The fraction of sp³-hybridized carbons (Fsp3) is 0.214. The van der Waals surface area contributed by atoms with E-state index in [4.69, 9.17) is 0 Å². The van der Waals surface area contributed by atoms with E-state index in [9.17, 15) is 9.59 Å². The molecular weight excluding hydrogens is 308 g/mol. The fourth-order valence-corrected chi connectivity index (χ4v) is 2.67. The van der Waals surface area contributed by atoms with Crippen LogP contribution in [0.25, 0.3) is 0 Å². The number of benzene rings is 1. The van der Waals surface area contributed by atoms with Crippen LogP contribution in [0.1, 0.15) is 33.6 Å². The molecule has 5 heteroatoms. The minimum absolute atomic E-state index is 0.206. The highest BCUT2D eigenvalue weighted by molar-refractivity contribution is 9.18. The number of nitrogens with zero attached hydrogens (tertiary/aromatic N) is 2. The maximum atomic E-state index is 12.1. The van der Waals surface area contributed by atoms with Crippen LogP contribution >= 0.6 is 15.9 Å². The Morgan fingerprint density at radius 2 is 1.79 bits per heavy atom. The van der Waals surface area contributed by atoms with E-state index in [0.29, 0.717) is 24.1 Å². The molecule has 0 N–H and O–H groups in total. The molecule has 96 valence electrons. The molecule has 0 saturated carbocycles. The standard InChI is InChI=1S/C14H11BrN2O2/c15-12-6-5-9(16-12)7-8-17-13(18)10-3-1-2-4-11(10)14(17)19/h1-5H,6-8H2. The number of carbonyl (C=O) groups excluding carboxylic acids is 2. The topological polar surface area (TPSA) is 49.7 Å². The van der Waals surface area contributed by atoms with Gasteiger partial charge in [-0.3, -0.25) is 19.5 Å². The molecule has 19 heavy (non-hydrogen) atoms. The number of rotatable bonds is 3. The second kappa shape index (κ2) is 4.74. The Morgan fingerprint density at radius 1 is 1.16 bits per heavy atom. The predicted octanol–water partition coefficient (Wildman–Crippen LogP) is 2.75. The smallest absolute Gasteiger partial charge is 0.261 e. The highest BCUT2D eigenvalue weighted by Gasteiger charge is 2.34. The van der Waals surface area contributed by atoms with Gasteiger partial charge in [0.2, 0.25) is 0 Å². The van der Waals surface area contributed by atoms with Gasteiger partial charge in [0, 0.05) is 25.1 Å². The van der Waals surface area contributed by atoms with Gasteiger partial charge in [-0.2, -0.15) is 0 Å². The highest BCUT2D eigenvalue weighted by Crippen LogP contribution is 2.24. The van der Waals surface area contributed by atoms with E-state index in [1.807, 2.05) is 6.08 Å². The number of hydrogen-bond acceptors (Lipinski definition) is 3. The van der Waals surface area contributed by atoms with E-state index in [1.165, 1.54) is 4.90 Å². The summed E-state index contributed by atoms with van der Waals surface area (Å²) in [7, 11) is 0. The predicted molar refractivity (Wildman–Crippen MR) is 75.5 cm³/mol. The van der Waals surface area contributed by atoms with E-state index >= 15 is 0 Å². The summed E-state index contributed by atoms with van der Waals surface area (Å²) in [5.41, 5.74) is 1.92. The van der Waals surface area contributed by atoms with Crippen LogP contribution in [0.3, 0.4) is 0 Å². The molecule has 2 amide bonds. The zero-order valence-corrected chi connectivity index (χ0v) is 11.7. The number of hydrogen-bond donors (Lipinski definition) is 0.